The molecule has 2 atom stereocenters. The second kappa shape index (κ2) is 4.13. The number of carboxylic acids is 1. The molecule has 16 heavy (non-hydrogen) atoms. The molecule has 0 fully saturated rings. The van der Waals surface area contributed by atoms with E-state index in [1.54, 1.807) is 12.1 Å². The summed E-state index contributed by atoms with van der Waals surface area (Å²) in [5.74, 6) is -0.933. The lowest BCUT2D eigenvalue weighted by molar-refractivity contribution is -0.138. The standard InChI is InChI=1S/C10H10Cl2N2O2/c11-4-1-5(12)9-6(13)3-8(10(15)16)14-7(9)2-4/h1-2,6,8,14H,3,13H2,(H,15,16)/t6-,8-/m0/s1. The van der Waals surface area contributed by atoms with Gasteiger partial charge in [-0.05, 0) is 18.6 Å². The maximum atomic E-state index is 10.9. The molecule has 0 bridgehead atoms. The maximum Gasteiger partial charge on any atom is 0.326 e. The molecule has 0 radical (unpaired) electrons. The second-order valence-electron chi connectivity index (χ2n) is 3.73. The number of hydrogen-bond donors (Lipinski definition) is 3. The zero-order chi connectivity index (χ0) is 11.9. The maximum absolute atomic E-state index is 10.9. The van der Waals surface area contributed by atoms with Crippen molar-refractivity contribution in [3.63, 3.8) is 0 Å². The van der Waals surface area contributed by atoms with Gasteiger partial charge in [-0.1, -0.05) is 23.2 Å². The Morgan fingerprint density at radius 2 is 2.19 bits per heavy atom. The van der Waals surface area contributed by atoms with Gasteiger partial charge in [0.25, 0.3) is 0 Å². The highest BCUT2D eigenvalue weighted by Gasteiger charge is 2.30. The zero-order valence-electron chi connectivity index (χ0n) is 8.21. The number of benzene rings is 1. The molecule has 1 aromatic rings. The van der Waals surface area contributed by atoms with Crippen molar-refractivity contribution in [2.75, 3.05) is 5.32 Å². The third-order valence-electron chi connectivity index (χ3n) is 2.58. The molecule has 1 aliphatic heterocycles. The van der Waals surface area contributed by atoms with Crippen LogP contribution in [-0.2, 0) is 4.79 Å². The average molecular weight is 261 g/mol. The number of halogens is 2. The van der Waals surface area contributed by atoms with Crippen LogP contribution in [0.15, 0.2) is 12.1 Å². The number of carbonyl (C=O) groups is 1. The molecular formula is C10H10Cl2N2O2. The number of nitrogens with two attached hydrogens (primary N) is 1. The molecule has 1 aliphatic rings. The largest absolute Gasteiger partial charge is 0.480 e. The smallest absolute Gasteiger partial charge is 0.326 e. The highest BCUT2D eigenvalue weighted by molar-refractivity contribution is 6.35. The van der Waals surface area contributed by atoms with E-state index in [1.165, 1.54) is 0 Å². The normalized spacial score (nSPS) is 23.4. The summed E-state index contributed by atoms with van der Waals surface area (Å²) in [6.07, 6.45) is 0.309. The van der Waals surface area contributed by atoms with Gasteiger partial charge < -0.3 is 16.2 Å². The highest BCUT2D eigenvalue weighted by Crippen LogP contribution is 2.38. The molecule has 0 spiro atoms. The lowest BCUT2D eigenvalue weighted by Gasteiger charge is -2.29. The third kappa shape index (κ3) is 1.96. The van der Waals surface area contributed by atoms with E-state index in [4.69, 9.17) is 34.0 Å². The van der Waals surface area contributed by atoms with Crippen LogP contribution in [0.1, 0.15) is 18.0 Å². The van der Waals surface area contributed by atoms with Crippen molar-refractivity contribution in [3.8, 4) is 0 Å². The SMILES string of the molecule is N[C@H]1C[C@@H](C(=O)O)Nc2cc(Cl)cc(Cl)c21. The van der Waals surface area contributed by atoms with Gasteiger partial charge in [-0.25, -0.2) is 4.79 Å². The van der Waals surface area contributed by atoms with Crippen LogP contribution in [-0.4, -0.2) is 17.1 Å². The van der Waals surface area contributed by atoms with E-state index in [-0.39, 0.29) is 6.04 Å². The minimum Gasteiger partial charge on any atom is -0.480 e. The van der Waals surface area contributed by atoms with Crippen molar-refractivity contribution in [1.29, 1.82) is 0 Å². The van der Waals surface area contributed by atoms with Crippen LogP contribution >= 0.6 is 23.2 Å². The number of hydrogen-bond acceptors (Lipinski definition) is 3. The van der Waals surface area contributed by atoms with Crippen LogP contribution < -0.4 is 11.1 Å². The molecule has 1 aromatic carbocycles. The predicted molar refractivity (Wildman–Crippen MR) is 63.1 cm³/mol. The first kappa shape index (κ1) is 11.5. The van der Waals surface area contributed by atoms with E-state index in [0.29, 0.717) is 22.2 Å². The summed E-state index contributed by atoms with van der Waals surface area (Å²) in [6, 6.07) is 2.15. The van der Waals surface area contributed by atoms with Crippen LogP contribution in [0.2, 0.25) is 10.0 Å². The monoisotopic (exact) mass is 260 g/mol. The summed E-state index contributed by atoms with van der Waals surface area (Å²) in [6.45, 7) is 0. The minimum atomic E-state index is -0.933. The lowest BCUT2D eigenvalue weighted by Crippen LogP contribution is -2.37. The summed E-state index contributed by atoms with van der Waals surface area (Å²) in [5.41, 5.74) is 7.22. The summed E-state index contributed by atoms with van der Waals surface area (Å²) in [5, 5.41) is 12.7. The van der Waals surface area contributed by atoms with E-state index in [2.05, 4.69) is 5.32 Å². The zero-order valence-corrected chi connectivity index (χ0v) is 9.72. The molecule has 1 heterocycles. The Hall–Kier alpha value is -0.970. The molecule has 86 valence electrons. The van der Waals surface area contributed by atoms with Crippen molar-refractivity contribution in [1.82, 2.24) is 0 Å². The van der Waals surface area contributed by atoms with Crippen LogP contribution in [0, 0.1) is 0 Å². The molecule has 6 heteroatoms. The molecule has 2 rings (SSSR count). The van der Waals surface area contributed by atoms with E-state index < -0.39 is 12.0 Å². The van der Waals surface area contributed by atoms with Crippen LogP contribution in [0.3, 0.4) is 0 Å². The molecule has 0 saturated heterocycles. The van der Waals surface area contributed by atoms with E-state index in [1.807, 2.05) is 0 Å². The van der Waals surface area contributed by atoms with Gasteiger partial charge in [-0.2, -0.15) is 0 Å². The number of aliphatic carboxylic acids is 1. The van der Waals surface area contributed by atoms with Crippen LogP contribution in [0.25, 0.3) is 0 Å². The Morgan fingerprint density at radius 3 is 2.81 bits per heavy atom. The molecular weight excluding hydrogens is 251 g/mol. The number of carboxylic acid groups (broad SMARTS) is 1. The second-order valence-corrected chi connectivity index (χ2v) is 4.57. The van der Waals surface area contributed by atoms with Gasteiger partial charge >= 0.3 is 5.97 Å². The van der Waals surface area contributed by atoms with Crippen LogP contribution in [0.5, 0.6) is 0 Å². The van der Waals surface area contributed by atoms with Gasteiger partial charge in [0.15, 0.2) is 0 Å². The van der Waals surface area contributed by atoms with Crippen molar-refractivity contribution in [2.45, 2.75) is 18.5 Å². The Labute approximate surface area is 102 Å². The molecule has 0 saturated carbocycles. The Balaban J connectivity index is 2.46. The number of fused-ring (bicyclic) bond motifs is 1. The first-order valence-corrected chi connectivity index (χ1v) is 5.48. The Kier molecular flexibility index (Phi) is 2.97. The Morgan fingerprint density at radius 1 is 1.50 bits per heavy atom. The van der Waals surface area contributed by atoms with Gasteiger partial charge in [-0.3, -0.25) is 0 Å². The van der Waals surface area contributed by atoms with Gasteiger partial charge in [0.2, 0.25) is 0 Å². The molecule has 0 aliphatic carbocycles. The highest BCUT2D eigenvalue weighted by atomic mass is 35.5. The molecule has 0 unspecified atom stereocenters. The quantitative estimate of drug-likeness (QED) is 0.724. The molecule has 4 nitrogen and oxygen atoms in total. The van der Waals surface area contributed by atoms with Gasteiger partial charge in [0.1, 0.15) is 6.04 Å². The summed E-state index contributed by atoms with van der Waals surface area (Å²) in [7, 11) is 0. The first-order valence-electron chi connectivity index (χ1n) is 4.73. The summed E-state index contributed by atoms with van der Waals surface area (Å²) < 4.78 is 0. The van der Waals surface area contributed by atoms with Crippen LogP contribution in [0.4, 0.5) is 5.69 Å². The van der Waals surface area contributed by atoms with E-state index >= 15 is 0 Å². The fourth-order valence-corrected chi connectivity index (χ4v) is 2.50. The number of nitrogens with one attached hydrogen (secondary N) is 1. The van der Waals surface area contributed by atoms with Crippen molar-refractivity contribution in [3.05, 3.63) is 27.7 Å². The van der Waals surface area contributed by atoms with E-state index in [0.717, 1.165) is 5.56 Å². The predicted octanol–water partition coefficient (Wildman–Crippen LogP) is 2.26. The van der Waals surface area contributed by atoms with Gasteiger partial charge in [0, 0.05) is 27.3 Å². The minimum absolute atomic E-state index is 0.309. The van der Waals surface area contributed by atoms with E-state index in [9.17, 15) is 4.79 Å². The lowest BCUT2D eigenvalue weighted by atomic mass is 9.93. The fourth-order valence-electron chi connectivity index (χ4n) is 1.86. The van der Waals surface area contributed by atoms with Gasteiger partial charge in [0.05, 0.1) is 0 Å². The number of rotatable bonds is 1. The number of anilines is 1. The topological polar surface area (TPSA) is 75.4 Å². The van der Waals surface area contributed by atoms with Crippen molar-refractivity contribution in [2.24, 2.45) is 5.73 Å². The Bertz CT molecular complexity index is 451. The fraction of sp³-hybridized carbons (Fsp3) is 0.300. The molecule has 0 aromatic heterocycles. The summed E-state index contributed by atoms with van der Waals surface area (Å²) in [4.78, 5) is 10.9. The average Bonchev–Trinajstić information content (AvgIpc) is 2.15. The van der Waals surface area contributed by atoms with Gasteiger partial charge in [-0.15, -0.1) is 0 Å². The van der Waals surface area contributed by atoms with Crippen molar-refractivity contribution >= 4 is 34.9 Å². The molecule has 4 N–H and O–H groups in total. The third-order valence-corrected chi connectivity index (χ3v) is 3.11. The first-order chi connectivity index (χ1) is 7.49. The van der Waals surface area contributed by atoms with Crippen molar-refractivity contribution < 1.29 is 9.90 Å². The molecule has 0 amide bonds. The summed E-state index contributed by atoms with van der Waals surface area (Å²) >= 11 is 11.9.